The molecule has 4 N–H and O–H groups in total. The molecule has 3 aromatic rings. The van der Waals surface area contributed by atoms with Crippen molar-refractivity contribution in [3.63, 3.8) is 0 Å². The van der Waals surface area contributed by atoms with Crippen LogP contribution < -0.4 is 20.1 Å². The molecule has 0 saturated carbocycles. The number of H-pyrrole nitrogens is 1. The van der Waals surface area contributed by atoms with Crippen LogP contribution >= 0.6 is 0 Å². The topological polar surface area (TPSA) is 71.1 Å². The largest absolute Gasteiger partial charge is 0.382 e. The van der Waals surface area contributed by atoms with Crippen LogP contribution in [0.15, 0.2) is 54.6 Å². The highest BCUT2D eigenvalue weighted by molar-refractivity contribution is 6.03. The lowest BCUT2D eigenvalue weighted by atomic mass is 10.0. The second kappa shape index (κ2) is 8.42. The normalized spacial score (nSPS) is 16.2. The summed E-state index contributed by atoms with van der Waals surface area (Å²) in [6.07, 6.45) is 0.276. The van der Waals surface area contributed by atoms with Crippen LogP contribution in [0.3, 0.4) is 0 Å². The third-order valence-electron chi connectivity index (χ3n) is 6.21. The average Bonchev–Trinajstić information content (AvgIpc) is 3.13. The van der Waals surface area contributed by atoms with Crippen LogP contribution in [0, 0.1) is 0 Å². The molecule has 0 fully saturated rings. The lowest BCUT2D eigenvalue weighted by molar-refractivity contribution is -0.900. The van der Waals surface area contributed by atoms with Crippen LogP contribution in [-0.2, 0) is 11.2 Å². The van der Waals surface area contributed by atoms with Gasteiger partial charge in [-0.1, -0.05) is 42.5 Å². The number of hydrogen-bond donors (Lipinski definition) is 3. The number of aromatic amines is 1. The summed E-state index contributed by atoms with van der Waals surface area (Å²) in [7, 11) is 4.01. The molecule has 0 aliphatic carbocycles. The number of quaternary nitrogens is 1. The molecule has 6 heteroatoms. The second-order valence-corrected chi connectivity index (χ2v) is 8.26. The van der Waals surface area contributed by atoms with Crippen molar-refractivity contribution in [2.24, 2.45) is 0 Å². The van der Waals surface area contributed by atoms with Gasteiger partial charge < -0.3 is 15.3 Å². The Balaban J connectivity index is 1.53. The summed E-state index contributed by atoms with van der Waals surface area (Å²) in [4.78, 5) is 19.6. The van der Waals surface area contributed by atoms with Crippen LogP contribution in [0.25, 0.3) is 10.9 Å². The van der Waals surface area contributed by atoms with E-state index in [1.807, 2.05) is 68.6 Å². The van der Waals surface area contributed by atoms with Crippen LogP contribution in [-0.4, -0.2) is 44.2 Å². The maximum Gasteiger partial charge on any atom is 0.280 e. The minimum Gasteiger partial charge on any atom is -0.382 e. The van der Waals surface area contributed by atoms with E-state index in [9.17, 15) is 9.90 Å². The fraction of sp³-hybridized carbons (Fsp3) is 0.333. The highest BCUT2D eigenvalue weighted by Gasteiger charge is 2.31. The number of nitrogens with zero attached hydrogens (tertiary/aromatic N) is 1. The SMILES string of the molecule is C[C@H]([C@H](O)c1ccccc1)[NH+](C)CC(=O)Nc1c2c([nH+]c3ccccc13)N(C)CC2. The first-order valence-corrected chi connectivity index (χ1v) is 10.5. The lowest BCUT2D eigenvalue weighted by Gasteiger charge is -2.26. The Morgan fingerprint density at radius 3 is 2.67 bits per heavy atom. The number of likely N-dealkylation sites (N-methyl/N-ethyl adjacent to an activating group) is 2. The van der Waals surface area contributed by atoms with Gasteiger partial charge in [-0.2, -0.15) is 0 Å². The Bertz CT molecular complexity index is 1050. The van der Waals surface area contributed by atoms with Crippen molar-refractivity contribution in [3.8, 4) is 0 Å². The van der Waals surface area contributed by atoms with E-state index in [2.05, 4.69) is 22.2 Å². The number of amides is 1. The van der Waals surface area contributed by atoms with Gasteiger partial charge in [0.1, 0.15) is 17.7 Å². The number of carbonyl (C=O) groups is 1. The Morgan fingerprint density at radius 1 is 1.20 bits per heavy atom. The predicted octanol–water partition coefficient (Wildman–Crippen LogP) is 1.22. The van der Waals surface area contributed by atoms with Crippen molar-refractivity contribution in [1.82, 2.24) is 0 Å². The van der Waals surface area contributed by atoms with Crippen molar-refractivity contribution in [1.29, 1.82) is 0 Å². The molecule has 0 radical (unpaired) electrons. The van der Waals surface area contributed by atoms with E-state index in [0.29, 0.717) is 0 Å². The van der Waals surface area contributed by atoms with E-state index >= 15 is 0 Å². The van der Waals surface area contributed by atoms with Gasteiger partial charge in [0.25, 0.3) is 11.7 Å². The highest BCUT2D eigenvalue weighted by Crippen LogP contribution is 2.34. The molecule has 2 heterocycles. The van der Waals surface area contributed by atoms with E-state index in [1.165, 1.54) is 0 Å². The molecule has 0 bridgehead atoms. The number of anilines is 2. The number of carbonyl (C=O) groups excluding carboxylic acids is 1. The molecule has 0 saturated heterocycles. The van der Waals surface area contributed by atoms with Gasteiger partial charge in [-0.25, -0.2) is 4.98 Å². The number of rotatable bonds is 6. The van der Waals surface area contributed by atoms with Crippen molar-refractivity contribution < 1.29 is 19.8 Å². The van der Waals surface area contributed by atoms with Gasteiger partial charge in [0, 0.05) is 11.8 Å². The zero-order valence-electron chi connectivity index (χ0n) is 17.8. The number of hydrogen-bond acceptors (Lipinski definition) is 3. The number of aromatic nitrogens is 1. The first-order chi connectivity index (χ1) is 14.5. The molecule has 1 unspecified atom stereocenters. The Kier molecular flexibility index (Phi) is 5.70. The minimum absolute atomic E-state index is 0.0484. The summed E-state index contributed by atoms with van der Waals surface area (Å²) >= 11 is 0. The molecule has 3 atom stereocenters. The number of para-hydroxylation sites is 1. The monoisotopic (exact) mass is 406 g/mol. The molecule has 1 aliphatic heterocycles. The number of pyridine rings is 1. The van der Waals surface area contributed by atoms with Gasteiger partial charge in [0.05, 0.1) is 31.9 Å². The Hall–Kier alpha value is -2.96. The predicted molar refractivity (Wildman–Crippen MR) is 119 cm³/mol. The average molecular weight is 407 g/mol. The van der Waals surface area contributed by atoms with Crippen molar-refractivity contribution >= 4 is 28.3 Å². The van der Waals surface area contributed by atoms with Gasteiger partial charge in [-0.3, -0.25) is 9.69 Å². The fourth-order valence-corrected chi connectivity index (χ4v) is 4.20. The standard InChI is InChI=1S/C24H28N4O2/c1-16(23(30)17-9-5-4-6-10-17)28(3)15-21(29)26-22-18-11-7-8-12-20(18)25-24-19(22)13-14-27(24)2/h4-12,16,23,30H,13-15H2,1-3H3,(H,25,26,29)/p+2/t16-,23+/m1/s1. The number of aliphatic hydroxyl groups excluding tert-OH is 1. The summed E-state index contributed by atoms with van der Waals surface area (Å²) in [5.74, 6) is 1.02. The maximum absolute atomic E-state index is 13.0. The van der Waals surface area contributed by atoms with E-state index in [1.54, 1.807) is 0 Å². The van der Waals surface area contributed by atoms with Crippen LogP contribution in [0.1, 0.15) is 24.2 Å². The molecular formula is C24H30N4O2+2. The van der Waals surface area contributed by atoms with Crippen LogP contribution in [0.2, 0.25) is 0 Å². The number of aliphatic hydroxyl groups is 1. The van der Waals surface area contributed by atoms with Crippen molar-refractivity contribution in [2.45, 2.75) is 25.5 Å². The lowest BCUT2D eigenvalue weighted by Crippen LogP contribution is -3.14. The zero-order chi connectivity index (χ0) is 21.3. The van der Waals surface area contributed by atoms with Gasteiger partial charge in [-0.05, 0) is 24.6 Å². The number of benzene rings is 2. The van der Waals surface area contributed by atoms with Crippen LogP contribution in [0.4, 0.5) is 11.5 Å². The molecule has 156 valence electrons. The highest BCUT2D eigenvalue weighted by atomic mass is 16.3. The van der Waals surface area contributed by atoms with E-state index < -0.39 is 6.10 Å². The Morgan fingerprint density at radius 2 is 1.90 bits per heavy atom. The van der Waals surface area contributed by atoms with Crippen molar-refractivity contribution in [2.75, 3.05) is 37.4 Å². The molecular weight excluding hydrogens is 376 g/mol. The van der Waals surface area contributed by atoms with E-state index in [-0.39, 0.29) is 18.5 Å². The molecule has 30 heavy (non-hydrogen) atoms. The van der Waals surface area contributed by atoms with Crippen LogP contribution in [0.5, 0.6) is 0 Å². The van der Waals surface area contributed by atoms with Gasteiger partial charge in [0.2, 0.25) is 0 Å². The molecule has 1 aromatic heterocycles. The van der Waals surface area contributed by atoms with Crippen molar-refractivity contribution in [3.05, 3.63) is 65.7 Å². The number of nitrogens with one attached hydrogen (secondary N) is 3. The summed E-state index contributed by atoms with van der Waals surface area (Å²) in [5.41, 5.74) is 3.93. The molecule has 2 aromatic carbocycles. The quantitative estimate of drug-likeness (QED) is 0.577. The van der Waals surface area contributed by atoms with Gasteiger partial charge in [-0.15, -0.1) is 0 Å². The first-order valence-electron chi connectivity index (χ1n) is 10.5. The molecule has 4 rings (SSSR count). The second-order valence-electron chi connectivity index (χ2n) is 8.26. The summed E-state index contributed by atoms with van der Waals surface area (Å²) in [6.45, 7) is 3.18. The molecule has 1 aliphatic rings. The molecule has 1 amide bonds. The summed E-state index contributed by atoms with van der Waals surface area (Å²) in [5, 5.41) is 14.9. The summed E-state index contributed by atoms with van der Waals surface area (Å²) < 4.78 is 0. The van der Waals surface area contributed by atoms with Gasteiger partial charge in [0.15, 0.2) is 6.54 Å². The smallest absolute Gasteiger partial charge is 0.280 e. The first kappa shape index (κ1) is 20.3. The van der Waals surface area contributed by atoms with E-state index in [0.717, 1.165) is 51.4 Å². The zero-order valence-corrected chi connectivity index (χ0v) is 17.8. The summed E-state index contributed by atoms with van der Waals surface area (Å²) in [6, 6.07) is 17.6. The fourth-order valence-electron chi connectivity index (χ4n) is 4.20. The third kappa shape index (κ3) is 3.88. The number of fused-ring (bicyclic) bond motifs is 2. The maximum atomic E-state index is 13.0. The Labute approximate surface area is 177 Å². The third-order valence-corrected chi connectivity index (χ3v) is 6.21. The molecule has 0 spiro atoms. The minimum atomic E-state index is -0.621. The van der Waals surface area contributed by atoms with Gasteiger partial charge >= 0.3 is 0 Å². The van der Waals surface area contributed by atoms with E-state index in [4.69, 9.17) is 0 Å². The molecule has 6 nitrogen and oxygen atoms in total.